The molecule has 0 amide bonds. The van der Waals surface area contributed by atoms with Gasteiger partial charge < -0.3 is 10.7 Å². The summed E-state index contributed by atoms with van der Waals surface area (Å²) in [6.45, 7) is 7.29. The molecule has 108 valence electrons. The van der Waals surface area contributed by atoms with Crippen LogP contribution in [0, 0.1) is 18.8 Å². The second-order valence-electron chi connectivity index (χ2n) is 5.96. The predicted octanol–water partition coefficient (Wildman–Crippen LogP) is 3.55. The fourth-order valence-electron chi connectivity index (χ4n) is 2.70. The summed E-state index contributed by atoms with van der Waals surface area (Å²) in [6, 6.07) is 10.3. The Hall–Kier alpha value is -1.61. The van der Waals surface area contributed by atoms with Gasteiger partial charge in [0, 0.05) is 17.7 Å². The highest BCUT2D eigenvalue weighted by Gasteiger charge is 2.14. The first kappa shape index (κ1) is 14.8. The third kappa shape index (κ3) is 3.70. The Morgan fingerprint density at radius 1 is 1.20 bits per heavy atom. The minimum Gasteiger partial charge on any atom is -0.346 e. The number of aromatic amines is 1. The first-order valence-electron chi connectivity index (χ1n) is 7.41. The molecule has 3 nitrogen and oxygen atoms in total. The maximum absolute atomic E-state index is 5.88. The fraction of sp³-hybridized carbons (Fsp3) is 0.471. The first-order valence-corrected chi connectivity index (χ1v) is 7.41. The summed E-state index contributed by atoms with van der Waals surface area (Å²) in [4.78, 5) is 8.18. The summed E-state index contributed by atoms with van der Waals surface area (Å²) in [5, 5.41) is 0. The van der Waals surface area contributed by atoms with Crippen LogP contribution >= 0.6 is 0 Å². The maximum Gasteiger partial charge on any atom is 0.107 e. The number of H-pyrrole nitrogens is 1. The molecule has 0 bridgehead atoms. The van der Waals surface area contributed by atoms with Crippen LogP contribution in [0.5, 0.6) is 0 Å². The first-order chi connectivity index (χ1) is 9.60. The van der Waals surface area contributed by atoms with Crippen LogP contribution in [-0.4, -0.2) is 16.5 Å². The number of aromatic nitrogens is 2. The van der Waals surface area contributed by atoms with Crippen LogP contribution in [0.1, 0.15) is 31.8 Å². The summed E-state index contributed by atoms with van der Waals surface area (Å²) in [5.41, 5.74) is 9.24. The van der Waals surface area contributed by atoms with Gasteiger partial charge in [-0.2, -0.15) is 0 Å². The van der Waals surface area contributed by atoms with E-state index in [1.807, 2.05) is 18.2 Å². The predicted molar refractivity (Wildman–Crippen MR) is 84.5 cm³/mol. The number of nitrogens with two attached hydrogens (primary N) is 1. The Balaban J connectivity index is 2.15. The van der Waals surface area contributed by atoms with E-state index in [0.717, 1.165) is 36.6 Å². The smallest absolute Gasteiger partial charge is 0.107 e. The Morgan fingerprint density at radius 3 is 2.50 bits per heavy atom. The lowest BCUT2D eigenvalue weighted by Gasteiger charge is -2.15. The lowest BCUT2D eigenvalue weighted by atomic mass is 9.94. The van der Waals surface area contributed by atoms with E-state index in [2.05, 4.69) is 37.9 Å². The van der Waals surface area contributed by atoms with Crippen molar-refractivity contribution in [3.63, 3.8) is 0 Å². The molecule has 2 rings (SSSR count). The summed E-state index contributed by atoms with van der Waals surface area (Å²) >= 11 is 0. The molecule has 0 saturated heterocycles. The second-order valence-corrected chi connectivity index (χ2v) is 5.96. The molecular weight excluding hydrogens is 246 g/mol. The molecule has 0 spiro atoms. The number of benzene rings is 1. The zero-order valence-electron chi connectivity index (χ0n) is 12.7. The topological polar surface area (TPSA) is 54.7 Å². The highest BCUT2D eigenvalue weighted by Crippen LogP contribution is 2.22. The number of nitrogens with zero attached hydrogens (tertiary/aromatic N) is 1. The van der Waals surface area contributed by atoms with Gasteiger partial charge >= 0.3 is 0 Å². The lowest BCUT2D eigenvalue weighted by molar-refractivity contribution is 0.409. The van der Waals surface area contributed by atoms with Crippen molar-refractivity contribution in [2.75, 3.05) is 6.54 Å². The quantitative estimate of drug-likeness (QED) is 0.844. The third-order valence-electron chi connectivity index (χ3n) is 3.60. The average Bonchev–Trinajstić information content (AvgIpc) is 2.79. The lowest BCUT2D eigenvalue weighted by Crippen LogP contribution is -2.19. The van der Waals surface area contributed by atoms with Crippen molar-refractivity contribution in [1.82, 2.24) is 9.97 Å². The summed E-state index contributed by atoms with van der Waals surface area (Å²) in [5.74, 6) is 2.23. The van der Waals surface area contributed by atoms with Crippen molar-refractivity contribution in [3.05, 3.63) is 41.9 Å². The molecule has 0 aliphatic heterocycles. The second kappa shape index (κ2) is 6.71. The van der Waals surface area contributed by atoms with E-state index < -0.39 is 0 Å². The largest absolute Gasteiger partial charge is 0.346 e. The Kier molecular flexibility index (Phi) is 4.96. The number of nitrogens with one attached hydrogen (secondary N) is 1. The van der Waals surface area contributed by atoms with E-state index in [1.165, 1.54) is 5.56 Å². The van der Waals surface area contributed by atoms with Crippen molar-refractivity contribution in [1.29, 1.82) is 0 Å². The van der Waals surface area contributed by atoms with Crippen molar-refractivity contribution < 1.29 is 0 Å². The maximum atomic E-state index is 5.88. The Bertz CT molecular complexity index is 528. The van der Waals surface area contributed by atoms with Crippen molar-refractivity contribution in [3.8, 4) is 11.3 Å². The SMILES string of the molecule is Cc1[nH]c(CC(CN)CC(C)C)nc1-c1ccccc1. The van der Waals surface area contributed by atoms with Crippen LogP contribution in [0.2, 0.25) is 0 Å². The van der Waals surface area contributed by atoms with Crippen LogP contribution in [0.15, 0.2) is 30.3 Å². The van der Waals surface area contributed by atoms with Crippen LogP contribution in [0.3, 0.4) is 0 Å². The number of imidazole rings is 1. The number of aryl methyl sites for hydroxylation is 1. The van der Waals surface area contributed by atoms with E-state index in [0.29, 0.717) is 11.8 Å². The molecule has 1 unspecified atom stereocenters. The van der Waals surface area contributed by atoms with Gasteiger partial charge in [-0.3, -0.25) is 0 Å². The molecule has 1 aromatic heterocycles. The summed E-state index contributed by atoms with van der Waals surface area (Å²) < 4.78 is 0. The molecule has 0 radical (unpaired) electrons. The van der Waals surface area contributed by atoms with Gasteiger partial charge in [-0.1, -0.05) is 44.2 Å². The van der Waals surface area contributed by atoms with Crippen molar-refractivity contribution in [2.24, 2.45) is 17.6 Å². The molecule has 0 fully saturated rings. The van der Waals surface area contributed by atoms with Crippen LogP contribution in [0.4, 0.5) is 0 Å². The minimum absolute atomic E-state index is 0.504. The van der Waals surface area contributed by atoms with Crippen molar-refractivity contribution >= 4 is 0 Å². The zero-order chi connectivity index (χ0) is 14.5. The molecule has 2 aromatic rings. The number of hydrogen-bond donors (Lipinski definition) is 2. The average molecular weight is 271 g/mol. The molecule has 1 aromatic carbocycles. The van der Waals surface area contributed by atoms with Gasteiger partial charge in [0.1, 0.15) is 5.82 Å². The van der Waals surface area contributed by atoms with Gasteiger partial charge in [0.2, 0.25) is 0 Å². The van der Waals surface area contributed by atoms with Gasteiger partial charge in [0.05, 0.1) is 5.69 Å². The monoisotopic (exact) mass is 271 g/mol. The number of rotatable bonds is 6. The highest BCUT2D eigenvalue weighted by atomic mass is 14.9. The van der Waals surface area contributed by atoms with Crippen LogP contribution < -0.4 is 5.73 Å². The minimum atomic E-state index is 0.504. The van der Waals surface area contributed by atoms with Gasteiger partial charge in [-0.05, 0) is 31.7 Å². The summed E-state index contributed by atoms with van der Waals surface area (Å²) in [7, 11) is 0. The molecule has 20 heavy (non-hydrogen) atoms. The van der Waals surface area contributed by atoms with E-state index >= 15 is 0 Å². The number of hydrogen-bond acceptors (Lipinski definition) is 2. The molecule has 1 heterocycles. The molecule has 0 aliphatic rings. The van der Waals surface area contributed by atoms with E-state index in [-0.39, 0.29) is 0 Å². The van der Waals surface area contributed by atoms with Crippen LogP contribution in [0.25, 0.3) is 11.3 Å². The Morgan fingerprint density at radius 2 is 1.90 bits per heavy atom. The van der Waals surface area contributed by atoms with E-state index in [1.54, 1.807) is 0 Å². The van der Waals surface area contributed by atoms with Crippen molar-refractivity contribution in [2.45, 2.75) is 33.6 Å². The van der Waals surface area contributed by atoms with Gasteiger partial charge in [0.15, 0.2) is 0 Å². The molecule has 0 saturated carbocycles. The molecule has 3 heteroatoms. The standard InChI is InChI=1S/C17H25N3/c1-12(2)9-14(11-18)10-16-19-13(3)17(20-16)15-7-5-4-6-8-15/h4-8,12,14H,9-11,18H2,1-3H3,(H,19,20). The Labute approximate surface area is 121 Å². The van der Waals surface area contributed by atoms with E-state index in [4.69, 9.17) is 10.7 Å². The normalized spacial score (nSPS) is 12.8. The van der Waals surface area contributed by atoms with Crippen LogP contribution in [-0.2, 0) is 6.42 Å². The summed E-state index contributed by atoms with van der Waals surface area (Å²) in [6.07, 6.45) is 2.08. The zero-order valence-corrected chi connectivity index (χ0v) is 12.7. The molecule has 1 atom stereocenters. The van der Waals surface area contributed by atoms with Gasteiger partial charge in [0.25, 0.3) is 0 Å². The molecule has 0 aliphatic carbocycles. The molecule has 3 N–H and O–H groups in total. The van der Waals surface area contributed by atoms with Gasteiger partial charge in [-0.25, -0.2) is 4.98 Å². The van der Waals surface area contributed by atoms with E-state index in [9.17, 15) is 0 Å². The van der Waals surface area contributed by atoms with Gasteiger partial charge in [-0.15, -0.1) is 0 Å². The third-order valence-corrected chi connectivity index (χ3v) is 3.60. The molecular formula is C17H25N3. The highest BCUT2D eigenvalue weighted by molar-refractivity contribution is 5.61. The fourth-order valence-corrected chi connectivity index (χ4v) is 2.70.